The lowest BCUT2D eigenvalue weighted by Gasteiger charge is -2.09. The number of hydrogen-bond donors (Lipinski definition) is 0. The van der Waals surface area contributed by atoms with Crippen LogP contribution < -0.4 is 9.47 Å². The Kier molecular flexibility index (Phi) is 3.39. The van der Waals surface area contributed by atoms with Gasteiger partial charge in [-0.05, 0) is 12.1 Å². The van der Waals surface area contributed by atoms with Crippen LogP contribution in [0.15, 0.2) is 24.5 Å². The fourth-order valence-corrected chi connectivity index (χ4v) is 1.60. The molecule has 17 heavy (non-hydrogen) atoms. The van der Waals surface area contributed by atoms with Gasteiger partial charge in [0.05, 0.1) is 14.2 Å². The van der Waals surface area contributed by atoms with Crippen LogP contribution in [0.25, 0.3) is 11.3 Å². The number of halogens is 1. The Morgan fingerprint density at radius 1 is 1.18 bits per heavy atom. The minimum atomic E-state index is 0.281. The van der Waals surface area contributed by atoms with Gasteiger partial charge in [-0.15, -0.1) is 10.2 Å². The Morgan fingerprint density at radius 3 is 2.65 bits per heavy atom. The molecular weight excluding hydrogens is 242 g/mol. The van der Waals surface area contributed by atoms with Gasteiger partial charge in [-0.25, -0.2) is 4.98 Å². The Balaban J connectivity index is 2.56. The average molecular weight is 252 g/mol. The summed E-state index contributed by atoms with van der Waals surface area (Å²) in [6.45, 7) is 0. The summed E-state index contributed by atoms with van der Waals surface area (Å²) in [6, 6.07) is 5.35. The third-order valence-corrected chi connectivity index (χ3v) is 2.52. The molecule has 0 aliphatic carbocycles. The van der Waals surface area contributed by atoms with Crippen molar-refractivity contribution in [3.05, 3.63) is 29.7 Å². The molecule has 0 fully saturated rings. The number of rotatable bonds is 3. The van der Waals surface area contributed by atoms with Crippen LogP contribution >= 0.6 is 11.6 Å². The fraction of sp³-hybridized carbons (Fsp3) is 0.182. The number of nitrogens with zero attached hydrogens (tertiary/aromatic N) is 3. The van der Waals surface area contributed by atoms with Gasteiger partial charge in [0.15, 0.2) is 5.15 Å². The van der Waals surface area contributed by atoms with Crippen molar-refractivity contribution in [2.24, 2.45) is 0 Å². The SMILES string of the molecule is COc1ccc(-c2nncnc2Cl)c(OC)c1. The Labute approximate surface area is 103 Å². The van der Waals surface area contributed by atoms with Crippen LogP contribution in [-0.4, -0.2) is 29.4 Å². The summed E-state index contributed by atoms with van der Waals surface area (Å²) in [7, 11) is 3.15. The summed E-state index contributed by atoms with van der Waals surface area (Å²) in [6.07, 6.45) is 1.29. The van der Waals surface area contributed by atoms with Gasteiger partial charge in [-0.2, -0.15) is 0 Å². The first-order valence-corrected chi connectivity index (χ1v) is 5.19. The monoisotopic (exact) mass is 251 g/mol. The molecule has 1 heterocycles. The summed E-state index contributed by atoms with van der Waals surface area (Å²) < 4.78 is 10.4. The zero-order valence-corrected chi connectivity index (χ0v) is 10.1. The summed E-state index contributed by atoms with van der Waals surface area (Å²) in [4.78, 5) is 3.88. The Bertz CT molecular complexity index is 534. The second kappa shape index (κ2) is 4.97. The fourth-order valence-electron chi connectivity index (χ4n) is 1.42. The largest absolute Gasteiger partial charge is 0.497 e. The first-order valence-electron chi connectivity index (χ1n) is 4.82. The predicted molar refractivity (Wildman–Crippen MR) is 63.4 cm³/mol. The molecule has 0 amide bonds. The lowest BCUT2D eigenvalue weighted by Crippen LogP contribution is -1.95. The smallest absolute Gasteiger partial charge is 0.159 e. The zero-order valence-electron chi connectivity index (χ0n) is 9.35. The molecule has 88 valence electrons. The van der Waals surface area contributed by atoms with Crippen molar-refractivity contribution in [3.8, 4) is 22.8 Å². The van der Waals surface area contributed by atoms with Crippen LogP contribution in [0.2, 0.25) is 5.15 Å². The van der Waals surface area contributed by atoms with E-state index in [2.05, 4.69) is 15.2 Å². The summed E-state index contributed by atoms with van der Waals surface area (Å²) in [5.74, 6) is 1.30. The van der Waals surface area contributed by atoms with Gasteiger partial charge in [0.25, 0.3) is 0 Å². The van der Waals surface area contributed by atoms with Gasteiger partial charge in [0.2, 0.25) is 0 Å². The van der Waals surface area contributed by atoms with Gasteiger partial charge < -0.3 is 9.47 Å². The number of hydrogen-bond acceptors (Lipinski definition) is 5. The molecule has 0 saturated heterocycles. The summed E-state index contributed by atoms with van der Waals surface area (Å²) in [5.41, 5.74) is 1.20. The first-order chi connectivity index (χ1) is 8.26. The number of ether oxygens (including phenoxy) is 2. The normalized spacial score (nSPS) is 10.1. The molecular formula is C11H10ClN3O2. The third-order valence-electron chi connectivity index (χ3n) is 2.24. The standard InChI is InChI=1S/C11H10ClN3O2/c1-16-7-3-4-8(9(5-7)17-2)10-11(12)13-6-14-15-10/h3-6H,1-2H3. The topological polar surface area (TPSA) is 57.1 Å². The van der Waals surface area contributed by atoms with Crippen molar-refractivity contribution in [1.82, 2.24) is 15.2 Å². The second-order valence-corrected chi connectivity index (χ2v) is 3.52. The van der Waals surface area contributed by atoms with E-state index in [9.17, 15) is 0 Å². The molecule has 0 bridgehead atoms. The Morgan fingerprint density at radius 2 is 2.00 bits per heavy atom. The number of benzene rings is 1. The quantitative estimate of drug-likeness (QED) is 0.837. The number of methoxy groups -OCH3 is 2. The summed E-state index contributed by atoms with van der Waals surface area (Å²) >= 11 is 5.96. The highest BCUT2D eigenvalue weighted by molar-refractivity contribution is 6.31. The zero-order chi connectivity index (χ0) is 12.3. The van der Waals surface area contributed by atoms with Crippen molar-refractivity contribution in [1.29, 1.82) is 0 Å². The predicted octanol–water partition coefficient (Wildman–Crippen LogP) is 2.21. The van der Waals surface area contributed by atoms with Gasteiger partial charge in [0, 0.05) is 11.6 Å². The average Bonchev–Trinajstić information content (AvgIpc) is 2.38. The summed E-state index contributed by atoms with van der Waals surface area (Å²) in [5, 5.41) is 7.94. The second-order valence-electron chi connectivity index (χ2n) is 3.17. The van der Waals surface area contributed by atoms with Crippen molar-refractivity contribution in [2.75, 3.05) is 14.2 Å². The molecule has 0 saturated carbocycles. The molecule has 0 atom stereocenters. The molecule has 0 aliphatic rings. The van der Waals surface area contributed by atoms with E-state index in [4.69, 9.17) is 21.1 Å². The molecule has 0 N–H and O–H groups in total. The van der Waals surface area contributed by atoms with Crippen LogP contribution in [0.5, 0.6) is 11.5 Å². The molecule has 1 aromatic carbocycles. The van der Waals surface area contributed by atoms with Crippen LogP contribution in [0, 0.1) is 0 Å². The highest BCUT2D eigenvalue weighted by atomic mass is 35.5. The molecule has 0 spiro atoms. The molecule has 0 aliphatic heterocycles. The number of aromatic nitrogens is 3. The maximum atomic E-state index is 5.96. The van der Waals surface area contributed by atoms with Crippen LogP contribution in [0.4, 0.5) is 0 Å². The van der Waals surface area contributed by atoms with Crippen molar-refractivity contribution in [2.45, 2.75) is 0 Å². The Hall–Kier alpha value is -1.88. The van der Waals surface area contributed by atoms with E-state index in [1.165, 1.54) is 6.33 Å². The van der Waals surface area contributed by atoms with Crippen molar-refractivity contribution >= 4 is 11.6 Å². The van der Waals surface area contributed by atoms with Crippen molar-refractivity contribution < 1.29 is 9.47 Å². The van der Waals surface area contributed by atoms with E-state index in [1.54, 1.807) is 32.4 Å². The molecule has 5 nitrogen and oxygen atoms in total. The van der Waals surface area contributed by atoms with Gasteiger partial charge in [-0.3, -0.25) is 0 Å². The molecule has 6 heteroatoms. The molecule has 0 unspecified atom stereocenters. The van der Waals surface area contributed by atoms with Crippen LogP contribution in [0.1, 0.15) is 0 Å². The van der Waals surface area contributed by atoms with E-state index in [0.717, 1.165) is 5.56 Å². The van der Waals surface area contributed by atoms with E-state index in [1.807, 2.05) is 0 Å². The molecule has 2 rings (SSSR count). The lowest BCUT2D eigenvalue weighted by atomic mass is 10.1. The van der Waals surface area contributed by atoms with Crippen molar-refractivity contribution in [3.63, 3.8) is 0 Å². The third kappa shape index (κ3) is 2.29. The van der Waals surface area contributed by atoms with E-state index < -0.39 is 0 Å². The minimum Gasteiger partial charge on any atom is -0.497 e. The van der Waals surface area contributed by atoms with E-state index >= 15 is 0 Å². The van der Waals surface area contributed by atoms with Crippen LogP contribution in [0.3, 0.4) is 0 Å². The van der Waals surface area contributed by atoms with E-state index in [-0.39, 0.29) is 5.15 Å². The van der Waals surface area contributed by atoms with Crippen LogP contribution in [-0.2, 0) is 0 Å². The molecule has 0 radical (unpaired) electrons. The molecule has 1 aromatic heterocycles. The molecule has 2 aromatic rings. The lowest BCUT2D eigenvalue weighted by molar-refractivity contribution is 0.395. The van der Waals surface area contributed by atoms with Gasteiger partial charge in [0.1, 0.15) is 23.5 Å². The maximum Gasteiger partial charge on any atom is 0.159 e. The van der Waals surface area contributed by atoms with Gasteiger partial charge in [-0.1, -0.05) is 11.6 Å². The minimum absolute atomic E-state index is 0.281. The first kappa shape index (κ1) is 11.6. The highest BCUT2D eigenvalue weighted by Gasteiger charge is 2.13. The van der Waals surface area contributed by atoms with E-state index in [0.29, 0.717) is 17.2 Å². The van der Waals surface area contributed by atoms with Gasteiger partial charge >= 0.3 is 0 Å². The maximum absolute atomic E-state index is 5.96. The highest BCUT2D eigenvalue weighted by Crippen LogP contribution is 2.34.